The van der Waals surface area contributed by atoms with Crippen molar-refractivity contribution in [1.82, 2.24) is 4.90 Å². The van der Waals surface area contributed by atoms with E-state index in [0.29, 0.717) is 5.75 Å². The van der Waals surface area contributed by atoms with Crippen LogP contribution < -0.4 is 4.74 Å². The molecule has 1 saturated carbocycles. The van der Waals surface area contributed by atoms with E-state index in [0.717, 1.165) is 25.7 Å². The molecule has 0 saturated heterocycles. The molecule has 0 aromatic heterocycles. The number of methoxy groups -OCH3 is 1. The lowest BCUT2D eigenvalue weighted by molar-refractivity contribution is -0.135. The van der Waals surface area contributed by atoms with Gasteiger partial charge in [0.25, 0.3) is 5.91 Å². The standard InChI is InChI=1S/C17H23NO5/c1-18(12-6-4-3-5-7-12)16(20)11-23-17(21)14-9-8-13(22-2)10-15(14)19/h8-10,12,19H,3-7,11H2,1-2H3. The van der Waals surface area contributed by atoms with E-state index < -0.39 is 5.97 Å². The van der Waals surface area contributed by atoms with E-state index in [4.69, 9.17) is 9.47 Å². The van der Waals surface area contributed by atoms with Gasteiger partial charge in [0, 0.05) is 19.2 Å². The van der Waals surface area contributed by atoms with Gasteiger partial charge < -0.3 is 19.5 Å². The predicted molar refractivity (Wildman–Crippen MR) is 84.6 cm³/mol. The van der Waals surface area contributed by atoms with Gasteiger partial charge in [0.15, 0.2) is 6.61 Å². The van der Waals surface area contributed by atoms with E-state index in [1.807, 2.05) is 0 Å². The molecule has 1 aliphatic carbocycles. The largest absolute Gasteiger partial charge is 0.507 e. The number of carbonyl (C=O) groups is 2. The molecule has 1 N–H and O–H groups in total. The summed E-state index contributed by atoms with van der Waals surface area (Å²) in [6.07, 6.45) is 5.46. The SMILES string of the molecule is COc1ccc(C(=O)OCC(=O)N(C)C2CCCCC2)c(O)c1. The van der Waals surface area contributed by atoms with Crippen molar-refractivity contribution >= 4 is 11.9 Å². The highest BCUT2D eigenvalue weighted by Crippen LogP contribution is 2.24. The van der Waals surface area contributed by atoms with Gasteiger partial charge in [-0.1, -0.05) is 19.3 Å². The van der Waals surface area contributed by atoms with E-state index in [9.17, 15) is 14.7 Å². The number of benzene rings is 1. The monoisotopic (exact) mass is 321 g/mol. The van der Waals surface area contributed by atoms with Crippen molar-refractivity contribution < 1.29 is 24.2 Å². The van der Waals surface area contributed by atoms with Crippen molar-refractivity contribution in [1.29, 1.82) is 0 Å². The molecule has 1 fully saturated rings. The Labute approximate surface area is 136 Å². The average molecular weight is 321 g/mol. The number of carbonyl (C=O) groups excluding carboxylic acids is 2. The molecule has 0 aliphatic heterocycles. The fourth-order valence-corrected chi connectivity index (χ4v) is 2.79. The van der Waals surface area contributed by atoms with Crippen LogP contribution in [0, 0.1) is 0 Å². The fraction of sp³-hybridized carbons (Fsp3) is 0.529. The molecule has 1 aromatic carbocycles. The van der Waals surface area contributed by atoms with E-state index in [-0.39, 0.29) is 29.9 Å². The van der Waals surface area contributed by atoms with Gasteiger partial charge in [0.05, 0.1) is 7.11 Å². The van der Waals surface area contributed by atoms with Crippen molar-refractivity contribution in [3.05, 3.63) is 23.8 Å². The summed E-state index contributed by atoms with van der Waals surface area (Å²) >= 11 is 0. The van der Waals surface area contributed by atoms with Crippen LogP contribution in [0.3, 0.4) is 0 Å². The molecule has 0 heterocycles. The number of hydrogen-bond acceptors (Lipinski definition) is 5. The Bertz CT molecular complexity index is 566. The maximum atomic E-state index is 12.1. The van der Waals surface area contributed by atoms with Crippen LogP contribution in [-0.2, 0) is 9.53 Å². The number of rotatable bonds is 5. The summed E-state index contributed by atoms with van der Waals surface area (Å²) < 4.78 is 9.98. The second kappa shape index (κ2) is 7.85. The number of phenols is 1. The van der Waals surface area contributed by atoms with Gasteiger partial charge in [-0.2, -0.15) is 0 Å². The Morgan fingerprint density at radius 1 is 1.26 bits per heavy atom. The third kappa shape index (κ3) is 4.37. The summed E-state index contributed by atoms with van der Waals surface area (Å²) in [4.78, 5) is 25.8. The first-order chi connectivity index (χ1) is 11.0. The van der Waals surface area contributed by atoms with Gasteiger partial charge >= 0.3 is 5.97 Å². The van der Waals surface area contributed by atoms with Gasteiger partial charge in [0.2, 0.25) is 0 Å². The summed E-state index contributed by atoms with van der Waals surface area (Å²) in [7, 11) is 3.21. The van der Waals surface area contributed by atoms with Crippen LogP contribution in [-0.4, -0.2) is 48.7 Å². The summed E-state index contributed by atoms with van der Waals surface area (Å²) in [6, 6.07) is 4.51. The van der Waals surface area contributed by atoms with Gasteiger partial charge in [-0.25, -0.2) is 4.79 Å². The number of phenolic OH excluding ortho intramolecular Hbond substituents is 1. The molecule has 1 aliphatic rings. The smallest absolute Gasteiger partial charge is 0.342 e. The normalized spacial score (nSPS) is 15.0. The molecule has 0 bridgehead atoms. The molecule has 6 nitrogen and oxygen atoms in total. The van der Waals surface area contributed by atoms with Gasteiger partial charge in [-0.3, -0.25) is 4.79 Å². The predicted octanol–water partition coefficient (Wildman–Crippen LogP) is 2.35. The Morgan fingerprint density at radius 2 is 1.96 bits per heavy atom. The highest BCUT2D eigenvalue weighted by molar-refractivity contribution is 5.94. The molecule has 2 rings (SSSR count). The van der Waals surface area contributed by atoms with Crippen molar-refractivity contribution in [3.63, 3.8) is 0 Å². The van der Waals surface area contributed by atoms with E-state index >= 15 is 0 Å². The Kier molecular flexibility index (Phi) is 5.84. The fourth-order valence-electron chi connectivity index (χ4n) is 2.79. The molecule has 1 aromatic rings. The van der Waals surface area contributed by atoms with E-state index in [1.165, 1.54) is 25.7 Å². The van der Waals surface area contributed by atoms with Crippen LogP contribution in [0.15, 0.2) is 18.2 Å². The molecule has 0 spiro atoms. The number of esters is 1. The van der Waals surface area contributed by atoms with Crippen LogP contribution >= 0.6 is 0 Å². The summed E-state index contributed by atoms with van der Waals surface area (Å²) in [6.45, 7) is -0.322. The second-order valence-electron chi connectivity index (χ2n) is 5.76. The molecule has 1 amide bonds. The van der Waals surface area contributed by atoms with Gasteiger partial charge in [-0.15, -0.1) is 0 Å². The van der Waals surface area contributed by atoms with Crippen LogP contribution in [0.1, 0.15) is 42.5 Å². The molecule has 0 radical (unpaired) electrons. The van der Waals surface area contributed by atoms with Crippen molar-refractivity contribution in [2.75, 3.05) is 20.8 Å². The molecular formula is C17H23NO5. The minimum atomic E-state index is -0.726. The van der Waals surface area contributed by atoms with Crippen molar-refractivity contribution in [3.8, 4) is 11.5 Å². The van der Waals surface area contributed by atoms with E-state index in [1.54, 1.807) is 18.0 Å². The first kappa shape index (κ1) is 17.1. The van der Waals surface area contributed by atoms with Crippen LogP contribution in [0.25, 0.3) is 0 Å². The number of amides is 1. The molecule has 6 heteroatoms. The zero-order valence-electron chi connectivity index (χ0n) is 13.6. The first-order valence-corrected chi connectivity index (χ1v) is 7.82. The van der Waals surface area contributed by atoms with Crippen LogP contribution in [0.4, 0.5) is 0 Å². The maximum Gasteiger partial charge on any atom is 0.342 e. The summed E-state index contributed by atoms with van der Waals surface area (Å²) in [5.74, 6) is -0.747. The number of hydrogen-bond donors (Lipinski definition) is 1. The molecule has 0 atom stereocenters. The lowest BCUT2D eigenvalue weighted by Crippen LogP contribution is -2.40. The Hall–Kier alpha value is -2.24. The zero-order chi connectivity index (χ0) is 16.8. The number of ether oxygens (including phenoxy) is 2. The van der Waals surface area contributed by atoms with Crippen molar-refractivity contribution in [2.24, 2.45) is 0 Å². The van der Waals surface area contributed by atoms with Crippen molar-refractivity contribution in [2.45, 2.75) is 38.1 Å². The Balaban J connectivity index is 1.89. The molecule has 0 unspecified atom stereocenters. The number of likely N-dealkylation sites (N-methyl/N-ethyl adjacent to an activating group) is 1. The van der Waals surface area contributed by atoms with Crippen LogP contribution in [0.2, 0.25) is 0 Å². The first-order valence-electron chi connectivity index (χ1n) is 7.82. The van der Waals surface area contributed by atoms with Gasteiger partial charge in [-0.05, 0) is 25.0 Å². The highest BCUT2D eigenvalue weighted by atomic mass is 16.5. The minimum absolute atomic E-state index is 0.0129. The molecular weight excluding hydrogens is 298 g/mol. The maximum absolute atomic E-state index is 12.1. The highest BCUT2D eigenvalue weighted by Gasteiger charge is 2.23. The van der Waals surface area contributed by atoms with E-state index in [2.05, 4.69) is 0 Å². The minimum Gasteiger partial charge on any atom is -0.507 e. The second-order valence-corrected chi connectivity index (χ2v) is 5.76. The topological polar surface area (TPSA) is 76.1 Å². The number of nitrogens with zero attached hydrogens (tertiary/aromatic N) is 1. The lowest BCUT2D eigenvalue weighted by Gasteiger charge is -2.31. The molecule has 23 heavy (non-hydrogen) atoms. The lowest BCUT2D eigenvalue weighted by atomic mass is 9.94. The number of aromatic hydroxyl groups is 1. The Morgan fingerprint density at radius 3 is 2.57 bits per heavy atom. The quantitative estimate of drug-likeness (QED) is 0.843. The van der Waals surface area contributed by atoms with Gasteiger partial charge in [0.1, 0.15) is 17.1 Å². The third-order valence-corrected chi connectivity index (χ3v) is 4.27. The third-order valence-electron chi connectivity index (χ3n) is 4.27. The van der Waals surface area contributed by atoms with Crippen LogP contribution in [0.5, 0.6) is 11.5 Å². The summed E-state index contributed by atoms with van der Waals surface area (Å²) in [5.41, 5.74) is 0.0129. The average Bonchev–Trinajstić information content (AvgIpc) is 2.59. The zero-order valence-corrected chi connectivity index (χ0v) is 13.6. The molecule has 126 valence electrons. The summed E-state index contributed by atoms with van der Waals surface area (Å²) in [5, 5.41) is 9.79.